The highest BCUT2D eigenvalue weighted by molar-refractivity contribution is 4.97. The molecule has 0 fully saturated rings. The zero-order valence-corrected chi connectivity index (χ0v) is 5.94. The largest absolute Gasteiger partial charge is 0.402 e. The summed E-state index contributed by atoms with van der Waals surface area (Å²) in [5.41, 5.74) is 6.60. The van der Waals surface area contributed by atoms with Gasteiger partial charge in [0, 0.05) is 5.70 Å². The first kappa shape index (κ1) is 7.54. The lowest BCUT2D eigenvalue weighted by Crippen LogP contribution is -2.06. The Kier molecular flexibility index (Phi) is 3.33. The van der Waals surface area contributed by atoms with E-state index < -0.39 is 0 Å². The fraction of sp³-hybridized carbons (Fsp3) is 0.714. The van der Waals surface area contributed by atoms with E-state index in [0.717, 1.165) is 12.1 Å². The minimum atomic E-state index is 0.556. The summed E-state index contributed by atoms with van der Waals surface area (Å²) in [7, 11) is 0. The molecule has 0 saturated carbocycles. The highest BCUT2D eigenvalue weighted by Gasteiger charge is 1.97. The Hall–Kier alpha value is -0.460. The first-order valence-corrected chi connectivity index (χ1v) is 3.14. The highest BCUT2D eigenvalue weighted by atomic mass is 14.6. The van der Waals surface area contributed by atoms with Crippen LogP contribution in [0.5, 0.6) is 0 Å². The van der Waals surface area contributed by atoms with Gasteiger partial charge in [0.2, 0.25) is 0 Å². The molecule has 48 valence electrons. The Morgan fingerprint density at radius 1 is 1.75 bits per heavy atom. The average Bonchev–Trinajstić information content (AvgIpc) is 1.84. The van der Waals surface area contributed by atoms with Gasteiger partial charge in [-0.25, -0.2) is 0 Å². The molecule has 1 nitrogen and oxygen atoms in total. The van der Waals surface area contributed by atoms with Crippen molar-refractivity contribution in [3.8, 4) is 0 Å². The van der Waals surface area contributed by atoms with Crippen molar-refractivity contribution in [3.05, 3.63) is 11.8 Å². The van der Waals surface area contributed by atoms with Gasteiger partial charge in [-0.1, -0.05) is 19.9 Å². The lowest BCUT2D eigenvalue weighted by Gasteiger charge is -2.06. The van der Waals surface area contributed by atoms with Gasteiger partial charge in [-0.3, -0.25) is 0 Å². The minimum absolute atomic E-state index is 0.556. The van der Waals surface area contributed by atoms with Crippen LogP contribution in [0.25, 0.3) is 0 Å². The predicted octanol–water partition coefficient (Wildman–Crippen LogP) is 1.90. The summed E-state index contributed by atoms with van der Waals surface area (Å²) in [6.45, 7) is 6.25. The smallest absolute Gasteiger partial charge is 0.00658 e. The lowest BCUT2D eigenvalue weighted by molar-refractivity contribution is 0.646. The maximum atomic E-state index is 5.59. The molecule has 1 heteroatoms. The second-order valence-corrected chi connectivity index (χ2v) is 2.10. The molecule has 0 aromatic heterocycles. The van der Waals surface area contributed by atoms with Crippen molar-refractivity contribution in [1.82, 2.24) is 0 Å². The number of nitrogens with two attached hydrogens (primary N) is 1. The van der Waals surface area contributed by atoms with Crippen LogP contribution in [-0.2, 0) is 0 Å². The molecule has 0 unspecified atom stereocenters. The van der Waals surface area contributed by atoms with Crippen molar-refractivity contribution in [3.63, 3.8) is 0 Å². The molecule has 0 aliphatic carbocycles. The van der Waals surface area contributed by atoms with Crippen LogP contribution in [0, 0.1) is 5.92 Å². The van der Waals surface area contributed by atoms with E-state index in [1.165, 1.54) is 0 Å². The van der Waals surface area contributed by atoms with Crippen LogP contribution in [0.3, 0.4) is 0 Å². The van der Waals surface area contributed by atoms with Crippen LogP contribution in [0.4, 0.5) is 0 Å². The van der Waals surface area contributed by atoms with Crippen molar-refractivity contribution in [1.29, 1.82) is 0 Å². The van der Waals surface area contributed by atoms with E-state index in [1.807, 2.05) is 13.0 Å². The molecule has 0 radical (unpaired) electrons. The summed E-state index contributed by atoms with van der Waals surface area (Å²) in [5, 5.41) is 0. The van der Waals surface area contributed by atoms with Gasteiger partial charge in [0.05, 0.1) is 0 Å². The van der Waals surface area contributed by atoms with E-state index in [1.54, 1.807) is 0 Å². The molecule has 0 spiro atoms. The number of hydrogen-bond donors (Lipinski definition) is 1. The maximum absolute atomic E-state index is 5.59. The molecule has 2 N–H and O–H groups in total. The van der Waals surface area contributed by atoms with Gasteiger partial charge < -0.3 is 5.73 Å². The van der Waals surface area contributed by atoms with Crippen LogP contribution in [-0.4, -0.2) is 0 Å². The van der Waals surface area contributed by atoms with Gasteiger partial charge in [-0.15, -0.1) is 0 Å². The summed E-state index contributed by atoms with van der Waals surface area (Å²) in [6.07, 6.45) is 3.10. The molecule has 0 aromatic carbocycles. The van der Waals surface area contributed by atoms with Crippen LogP contribution in [0.15, 0.2) is 11.8 Å². The van der Waals surface area contributed by atoms with Crippen LogP contribution in [0.1, 0.15) is 27.2 Å². The molecule has 0 aliphatic rings. The summed E-state index contributed by atoms with van der Waals surface area (Å²) >= 11 is 0. The monoisotopic (exact) mass is 113 g/mol. The third-order valence-corrected chi connectivity index (χ3v) is 1.51. The molecule has 0 amide bonds. The van der Waals surface area contributed by atoms with Crippen molar-refractivity contribution in [2.45, 2.75) is 27.2 Å². The minimum Gasteiger partial charge on any atom is -0.402 e. The number of hydrogen-bond acceptors (Lipinski definition) is 1. The third kappa shape index (κ3) is 2.01. The van der Waals surface area contributed by atoms with E-state index >= 15 is 0 Å². The first-order valence-electron chi connectivity index (χ1n) is 3.14. The normalized spacial score (nSPS) is 16.1. The summed E-state index contributed by atoms with van der Waals surface area (Å²) in [4.78, 5) is 0. The number of rotatable bonds is 2. The Balaban J connectivity index is 3.63. The Bertz CT molecular complexity index is 84.4. The van der Waals surface area contributed by atoms with Crippen molar-refractivity contribution in [2.75, 3.05) is 0 Å². The molecule has 0 aromatic rings. The van der Waals surface area contributed by atoms with E-state index in [9.17, 15) is 0 Å². The molecule has 8 heavy (non-hydrogen) atoms. The Morgan fingerprint density at radius 2 is 2.25 bits per heavy atom. The van der Waals surface area contributed by atoms with Crippen molar-refractivity contribution >= 4 is 0 Å². The fourth-order valence-electron chi connectivity index (χ4n) is 0.520. The van der Waals surface area contributed by atoms with Gasteiger partial charge >= 0.3 is 0 Å². The second-order valence-electron chi connectivity index (χ2n) is 2.10. The zero-order valence-electron chi connectivity index (χ0n) is 5.94. The van der Waals surface area contributed by atoms with Crippen molar-refractivity contribution in [2.24, 2.45) is 11.7 Å². The van der Waals surface area contributed by atoms with Crippen LogP contribution < -0.4 is 5.73 Å². The zero-order chi connectivity index (χ0) is 6.57. The SMILES string of the molecule is C/C=C(/N)[C@@H](C)CC. The lowest BCUT2D eigenvalue weighted by atomic mass is 10.1. The Morgan fingerprint density at radius 3 is 2.38 bits per heavy atom. The van der Waals surface area contributed by atoms with E-state index in [0.29, 0.717) is 5.92 Å². The standard InChI is InChI=1S/C7H15N/c1-4-6(3)7(8)5-2/h5-6H,4,8H2,1-3H3/b7-5+/t6-/m0/s1. The molecule has 0 saturated heterocycles. The molecular formula is C7H15N. The quantitative estimate of drug-likeness (QED) is 0.581. The summed E-state index contributed by atoms with van der Waals surface area (Å²) < 4.78 is 0. The van der Waals surface area contributed by atoms with Crippen molar-refractivity contribution < 1.29 is 0 Å². The van der Waals surface area contributed by atoms with E-state index in [-0.39, 0.29) is 0 Å². The predicted molar refractivity (Wildman–Crippen MR) is 37.4 cm³/mol. The molecule has 0 aliphatic heterocycles. The number of allylic oxidation sites excluding steroid dienone is 2. The Labute approximate surface area is 51.6 Å². The fourth-order valence-corrected chi connectivity index (χ4v) is 0.520. The van der Waals surface area contributed by atoms with Gasteiger partial charge in [0.15, 0.2) is 0 Å². The molecule has 0 bridgehead atoms. The van der Waals surface area contributed by atoms with Gasteiger partial charge in [0.25, 0.3) is 0 Å². The first-order chi connectivity index (χ1) is 3.72. The maximum Gasteiger partial charge on any atom is 0.00658 e. The highest BCUT2D eigenvalue weighted by Crippen LogP contribution is 2.06. The molecular weight excluding hydrogens is 98.1 g/mol. The van der Waals surface area contributed by atoms with E-state index in [4.69, 9.17) is 5.73 Å². The topological polar surface area (TPSA) is 26.0 Å². The van der Waals surface area contributed by atoms with Gasteiger partial charge in [0.1, 0.15) is 0 Å². The molecule has 0 heterocycles. The average molecular weight is 113 g/mol. The summed E-state index contributed by atoms with van der Waals surface area (Å²) in [6, 6.07) is 0. The van der Waals surface area contributed by atoms with Gasteiger partial charge in [-0.05, 0) is 19.3 Å². The molecule has 0 rings (SSSR count). The van der Waals surface area contributed by atoms with Gasteiger partial charge in [-0.2, -0.15) is 0 Å². The second kappa shape index (κ2) is 3.53. The third-order valence-electron chi connectivity index (χ3n) is 1.51. The summed E-state index contributed by atoms with van der Waals surface area (Å²) in [5.74, 6) is 0.556. The van der Waals surface area contributed by atoms with Crippen LogP contribution in [0.2, 0.25) is 0 Å². The molecule has 1 atom stereocenters. The van der Waals surface area contributed by atoms with Crippen LogP contribution >= 0.6 is 0 Å². The van der Waals surface area contributed by atoms with E-state index in [2.05, 4.69) is 13.8 Å².